The molecule has 1 aromatic rings. The second-order valence-electron chi connectivity index (χ2n) is 3.64. The predicted octanol–water partition coefficient (Wildman–Crippen LogP) is 4.45. The molecule has 19 heavy (non-hydrogen) atoms. The van der Waals surface area contributed by atoms with Crippen LogP contribution < -0.4 is 5.32 Å². The third kappa shape index (κ3) is 4.44. The number of anilines is 1. The van der Waals surface area contributed by atoms with Gasteiger partial charge in [-0.15, -0.1) is 11.6 Å². The van der Waals surface area contributed by atoms with E-state index in [9.17, 15) is 18.0 Å². The minimum atomic E-state index is -4.59. The monoisotopic (exact) mass is 333 g/mol. The molecule has 0 spiro atoms. The largest absolute Gasteiger partial charge is 0.418 e. The molecule has 0 saturated carbocycles. The van der Waals surface area contributed by atoms with Crippen molar-refractivity contribution in [3.05, 3.63) is 29.8 Å². The molecular weight excluding hydrogens is 325 g/mol. The quantitative estimate of drug-likeness (QED) is 0.810. The van der Waals surface area contributed by atoms with Crippen molar-refractivity contribution in [1.82, 2.24) is 0 Å². The molecule has 2 nitrogen and oxygen atoms in total. The van der Waals surface area contributed by atoms with Crippen LogP contribution >= 0.6 is 34.8 Å². The van der Waals surface area contributed by atoms with Crippen LogP contribution in [0.25, 0.3) is 0 Å². The molecule has 0 heterocycles. The van der Waals surface area contributed by atoms with Crippen LogP contribution in [0.5, 0.6) is 0 Å². The number of amides is 1. The highest BCUT2D eigenvalue weighted by Gasteiger charge is 2.37. The number of rotatable bonds is 4. The standard InChI is InChI=1S/C11H9Cl3F3NO/c12-6-5-10(13,14)9(19)18-8-4-2-1-3-7(8)11(15,16)17/h1-4H,5-6H2,(H,18,19). The van der Waals surface area contributed by atoms with E-state index < -0.39 is 27.7 Å². The summed E-state index contributed by atoms with van der Waals surface area (Å²) in [7, 11) is 0. The van der Waals surface area contributed by atoms with Crippen LogP contribution in [-0.4, -0.2) is 16.1 Å². The van der Waals surface area contributed by atoms with Crippen molar-refractivity contribution in [3.63, 3.8) is 0 Å². The van der Waals surface area contributed by atoms with Crippen molar-refractivity contribution in [1.29, 1.82) is 0 Å². The van der Waals surface area contributed by atoms with E-state index >= 15 is 0 Å². The molecule has 0 radical (unpaired) electrons. The Kier molecular flexibility index (Phi) is 5.35. The first kappa shape index (κ1) is 16.4. The van der Waals surface area contributed by atoms with Gasteiger partial charge in [0.05, 0.1) is 11.3 Å². The van der Waals surface area contributed by atoms with Gasteiger partial charge in [-0.2, -0.15) is 13.2 Å². The number of benzene rings is 1. The molecule has 0 aromatic heterocycles. The van der Waals surface area contributed by atoms with Gasteiger partial charge in [0, 0.05) is 12.3 Å². The minimum absolute atomic E-state index is 0.00133. The molecule has 8 heteroatoms. The molecule has 1 aromatic carbocycles. The first-order valence-electron chi connectivity index (χ1n) is 5.10. The van der Waals surface area contributed by atoms with E-state index in [0.29, 0.717) is 0 Å². The molecule has 0 unspecified atom stereocenters. The fourth-order valence-electron chi connectivity index (χ4n) is 1.29. The number of alkyl halides is 6. The topological polar surface area (TPSA) is 29.1 Å². The summed E-state index contributed by atoms with van der Waals surface area (Å²) in [6.45, 7) is 0. The molecule has 0 saturated heterocycles. The summed E-state index contributed by atoms with van der Waals surface area (Å²) in [5, 5.41) is 2.06. The smallest absolute Gasteiger partial charge is 0.323 e. The van der Waals surface area contributed by atoms with Gasteiger partial charge in [-0.1, -0.05) is 35.3 Å². The number of nitrogens with one attached hydrogen (secondary N) is 1. The number of carbonyl (C=O) groups excluding carboxylic acids is 1. The summed E-state index contributed by atoms with van der Waals surface area (Å²) in [6.07, 6.45) is -4.67. The number of hydrogen-bond donors (Lipinski definition) is 1. The fourth-order valence-corrected chi connectivity index (χ4v) is 2.05. The zero-order chi connectivity index (χ0) is 14.7. The van der Waals surface area contributed by atoms with Crippen molar-refractivity contribution < 1.29 is 18.0 Å². The molecule has 0 atom stereocenters. The Morgan fingerprint density at radius 3 is 2.32 bits per heavy atom. The summed E-state index contributed by atoms with van der Waals surface area (Å²) in [6, 6.07) is 4.54. The van der Waals surface area contributed by atoms with Gasteiger partial charge in [-0.05, 0) is 12.1 Å². The lowest BCUT2D eigenvalue weighted by Gasteiger charge is -2.19. The summed E-state index contributed by atoms with van der Waals surface area (Å²) < 4.78 is 36.2. The maximum Gasteiger partial charge on any atom is 0.418 e. The van der Waals surface area contributed by atoms with Crippen LogP contribution in [0.3, 0.4) is 0 Å². The Labute approximate surface area is 122 Å². The molecule has 106 valence electrons. The molecular formula is C11H9Cl3F3NO. The predicted molar refractivity (Wildman–Crippen MR) is 69.8 cm³/mol. The maximum absolute atomic E-state index is 12.7. The number of hydrogen-bond acceptors (Lipinski definition) is 1. The van der Waals surface area contributed by atoms with Crippen molar-refractivity contribution in [2.24, 2.45) is 0 Å². The fraction of sp³-hybridized carbons (Fsp3) is 0.364. The van der Waals surface area contributed by atoms with E-state index in [1.165, 1.54) is 12.1 Å². The Balaban J connectivity index is 2.98. The third-order valence-electron chi connectivity index (χ3n) is 2.22. The van der Waals surface area contributed by atoms with Gasteiger partial charge >= 0.3 is 6.18 Å². The highest BCUT2D eigenvalue weighted by Crippen LogP contribution is 2.36. The molecule has 1 N–H and O–H groups in total. The van der Waals surface area contributed by atoms with Gasteiger partial charge in [-0.25, -0.2) is 0 Å². The van der Waals surface area contributed by atoms with Crippen LogP contribution in [-0.2, 0) is 11.0 Å². The molecule has 0 bridgehead atoms. The van der Waals surface area contributed by atoms with Crippen molar-refractivity contribution in [2.45, 2.75) is 16.9 Å². The first-order valence-corrected chi connectivity index (χ1v) is 6.39. The Morgan fingerprint density at radius 1 is 1.21 bits per heavy atom. The summed E-state index contributed by atoms with van der Waals surface area (Å²) >= 11 is 16.8. The van der Waals surface area contributed by atoms with Crippen LogP contribution in [0.15, 0.2) is 24.3 Å². The van der Waals surface area contributed by atoms with E-state index in [1.807, 2.05) is 0 Å². The van der Waals surface area contributed by atoms with Crippen LogP contribution in [0.4, 0.5) is 18.9 Å². The SMILES string of the molecule is O=C(Nc1ccccc1C(F)(F)F)C(Cl)(Cl)CCCl. The lowest BCUT2D eigenvalue weighted by Crippen LogP contribution is -2.33. The lowest BCUT2D eigenvalue weighted by molar-refractivity contribution is -0.137. The zero-order valence-electron chi connectivity index (χ0n) is 9.40. The average molecular weight is 335 g/mol. The Bertz CT molecular complexity index is 463. The van der Waals surface area contributed by atoms with E-state index in [1.54, 1.807) is 0 Å². The molecule has 0 aliphatic rings. The minimum Gasteiger partial charge on any atom is -0.323 e. The van der Waals surface area contributed by atoms with Crippen LogP contribution in [0.2, 0.25) is 0 Å². The van der Waals surface area contributed by atoms with E-state index in [0.717, 1.165) is 12.1 Å². The van der Waals surface area contributed by atoms with Gasteiger partial charge in [0.25, 0.3) is 5.91 Å². The van der Waals surface area contributed by atoms with Gasteiger partial charge in [0.15, 0.2) is 4.33 Å². The first-order chi connectivity index (χ1) is 8.68. The highest BCUT2D eigenvalue weighted by atomic mass is 35.5. The van der Waals surface area contributed by atoms with Crippen molar-refractivity contribution in [2.75, 3.05) is 11.2 Å². The molecule has 0 aliphatic carbocycles. The highest BCUT2D eigenvalue weighted by molar-refractivity contribution is 6.59. The second-order valence-corrected chi connectivity index (χ2v) is 5.50. The van der Waals surface area contributed by atoms with Gasteiger partial charge in [0.1, 0.15) is 0 Å². The number of carbonyl (C=O) groups is 1. The summed E-state index contributed by atoms with van der Waals surface area (Å²) in [5.41, 5.74) is -1.38. The lowest BCUT2D eigenvalue weighted by atomic mass is 10.1. The Hall–Kier alpha value is -0.650. The average Bonchev–Trinajstić information content (AvgIpc) is 2.28. The maximum atomic E-state index is 12.7. The van der Waals surface area contributed by atoms with Gasteiger partial charge in [0.2, 0.25) is 0 Å². The van der Waals surface area contributed by atoms with E-state index in [4.69, 9.17) is 34.8 Å². The van der Waals surface area contributed by atoms with Crippen LogP contribution in [0, 0.1) is 0 Å². The molecule has 1 amide bonds. The van der Waals surface area contributed by atoms with Crippen LogP contribution in [0.1, 0.15) is 12.0 Å². The number of halogens is 6. The second kappa shape index (κ2) is 6.20. The Morgan fingerprint density at radius 2 is 1.79 bits per heavy atom. The van der Waals surface area contributed by atoms with Gasteiger partial charge < -0.3 is 5.32 Å². The van der Waals surface area contributed by atoms with Crippen molar-refractivity contribution >= 4 is 46.4 Å². The normalized spacial score (nSPS) is 12.3. The van der Waals surface area contributed by atoms with Crippen molar-refractivity contribution in [3.8, 4) is 0 Å². The molecule has 1 rings (SSSR count). The third-order valence-corrected chi connectivity index (χ3v) is 3.13. The number of para-hydroxylation sites is 1. The molecule has 0 fully saturated rings. The summed E-state index contributed by atoms with van der Waals surface area (Å²) in [4.78, 5) is 11.7. The van der Waals surface area contributed by atoms with E-state index in [2.05, 4.69) is 5.32 Å². The zero-order valence-corrected chi connectivity index (χ0v) is 11.7. The van der Waals surface area contributed by atoms with Gasteiger partial charge in [-0.3, -0.25) is 4.79 Å². The summed E-state index contributed by atoms with van der Waals surface area (Å²) in [5.74, 6) is -0.949. The molecule has 0 aliphatic heterocycles. The van der Waals surface area contributed by atoms with E-state index in [-0.39, 0.29) is 12.3 Å².